The second kappa shape index (κ2) is 8.75. The molecule has 0 spiro atoms. The Morgan fingerprint density at radius 2 is 1.93 bits per heavy atom. The smallest absolute Gasteiger partial charge is 0.254 e. The molecule has 0 fully saturated rings. The Labute approximate surface area is 160 Å². The molecule has 0 aliphatic carbocycles. The Kier molecular flexibility index (Phi) is 6.16. The minimum atomic E-state index is 0.0244. The number of ether oxygens (including phenoxy) is 2. The molecule has 0 saturated carbocycles. The van der Waals surface area contributed by atoms with Crippen molar-refractivity contribution in [2.45, 2.75) is 32.7 Å². The van der Waals surface area contributed by atoms with E-state index in [0.717, 1.165) is 42.9 Å². The molecular weight excluding hydrogens is 342 g/mol. The summed E-state index contributed by atoms with van der Waals surface area (Å²) in [7, 11) is 3.26. The molecule has 1 aliphatic rings. The maximum absolute atomic E-state index is 13.0. The van der Waals surface area contributed by atoms with Crippen LogP contribution in [0.4, 0.5) is 5.82 Å². The van der Waals surface area contributed by atoms with Gasteiger partial charge in [-0.15, -0.1) is 0 Å². The van der Waals surface area contributed by atoms with E-state index in [2.05, 4.69) is 17.2 Å². The van der Waals surface area contributed by atoms with Crippen molar-refractivity contribution in [1.82, 2.24) is 9.88 Å². The lowest BCUT2D eigenvalue weighted by Crippen LogP contribution is -2.36. The summed E-state index contributed by atoms with van der Waals surface area (Å²) >= 11 is 0. The second-order valence-electron chi connectivity index (χ2n) is 6.66. The number of rotatable bonds is 7. The highest BCUT2D eigenvalue weighted by atomic mass is 16.5. The minimum Gasteiger partial charge on any atom is -0.493 e. The Morgan fingerprint density at radius 1 is 1.19 bits per heavy atom. The van der Waals surface area contributed by atoms with Crippen molar-refractivity contribution >= 4 is 11.7 Å². The number of hydrogen-bond donors (Lipinski definition) is 1. The Balaban J connectivity index is 1.75. The van der Waals surface area contributed by atoms with E-state index in [-0.39, 0.29) is 5.91 Å². The normalized spacial score (nSPS) is 13.1. The van der Waals surface area contributed by atoms with Crippen LogP contribution in [-0.4, -0.2) is 43.1 Å². The van der Waals surface area contributed by atoms with E-state index < -0.39 is 0 Å². The van der Waals surface area contributed by atoms with Gasteiger partial charge in [0.05, 0.1) is 14.2 Å². The van der Waals surface area contributed by atoms with Crippen molar-refractivity contribution in [2.75, 3.05) is 32.6 Å². The maximum atomic E-state index is 13.0. The molecule has 1 amide bonds. The number of hydrogen-bond acceptors (Lipinski definition) is 5. The monoisotopic (exact) mass is 369 g/mol. The number of pyridine rings is 1. The van der Waals surface area contributed by atoms with Gasteiger partial charge in [-0.25, -0.2) is 4.98 Å². The van der Waals surface area contributed by atoms with Gasteiger partial charge in [-0.2, -0.15) is 0 Å². The third kappa shape index (κ3) is 4.32. The molecule has 0 atom stereocenters. The quantitative estimate of drug-likeness (QED) is 0.757. The summed E-state index contributed by atoms with van der Waals surface area (Å²) in [5.41, 5.74) is 2.96. The molecule has 1 aromatic heterocycles. The van der Waals surface area contributed by atoms with Crippen LogP contribution in [0.5, 0.6) is 11.5 Å². The van der Waals surface area contributed by atoms with Crippen molar-refractivity contribution in [3.8, 4) is 11.5 Å². The predicted octanol–water partition coefficient (Wildman–Crippen LogP) is 3.51. The number of fused-ring (bicyclic) bond motifs is 1. The molecular formula is C21H27N3O3. The topological polar surface area (TPSA) is 63.7 Å². The number of amides is 1. The highest BCUT2D eigenvalue weighted by Crippen LogP contribution is 2.33. The van der Waals surface area contributed by atoms with Gasteiger partial charge in [0.2, 0.25) is 0 Å². The molecule has 1 N–H and O–H groups in total. The van der Waals surface area contributed by atoms with E-state index in [9.17, 15) is 4.79 Å². The summed E-state index contributed by atoms with van der Waals surface area (Å²) in [6.07, 6.45) is 4.68. The van der Waals surface area contributed by atoms with Crippen LogP contribution in [0.2, 0.25) is 0 Å². The summed E-state index contributed by atoms with van der Waals surface area (Å²) in [5, 5.41) is 3.27. The Hall–Kier alpha value is -2.76. The molecule has 6 heteroatoms. The van der Waals surface area contributed by atoms with Crippen LogP contribution in [-0.2, 0) is 13.0 Å². The van der Waals surface area contributed by atoms with Gasteiger partial charge in [0.15, 0.2) is 11.5 Å². The van der Waals surface area contributed by atoms with Crippen LogP contribution in [0.1, 0.15) is 41.3 Å². The van der Waals surface area contributed by atoms with E-state index in [1.807, 2.05) is 23.1 Å². The van der Waals surface area contributed by atoms with Crippen molar-refractivity contribution in [1.29, 1.82) is 0 Å². The molecule has 0 bridgehead atoms. The Morgan fingerprint density at radius 3 is 2.63 bits per heavy atom. The number of carbonyl (C=O) groups is 1. The molecule has 6 nitrogen and oxygen atoms in total. The van der Waals surface area contributed by atoms with Gasteiger partial charge < -0.3 is 19.7 Å². The number of benzene rings is 1. The molecule has 27 heavy (non-hydrogen) atoms. The predicted molar refractivity (Wildman–Crippen MR) is 106 cm³/mol. The van der Waals surface area contributed by atoms with Crippen LogP contribution in [0.3, 0.4) is 0 Å². The molecule has 1 aliphatic heterocycles. The number of carbonyl (C=O) groups excluding carboxylic acids is 1. The van der Waals surface area contributed by atoms with Gasteiger partial charge in [0.1, 0.15) is 5.82 Å². The SMILES string of the molecule is CCCCNc1cc(C(=O)N2CCc3cc(OC)c(OC)cc3C2)ccn1. The van der Waals surface area contributed by atoms with Crippen molar-refractivity contribution < 1.29 is 14.3 Å². The third-order valence-corrected chi connectivity index (χ3v) is 4.85. The van der Waals surface area contributed by atoms with Gasteiger partial charge in [-0.3, -0.25) is 4.79 Å². The van der Waals surface area contributed by atoms with Crippen molar-refractivity contribution in [2.24, 2.45) is 0 Å². The van der Waals surface area contributed by atoms with Crippen LogP contribution in [0.25, 0.3) is 0 Å². The standard InChI is InChI=1S/C21H27N3O3/c1-4-5-8-22-20-13-16(6-9-23-20)21(25)24-10-7-15-11-18(26-2)19(27-3)12-17(15)14-24/h6,9,11-13H,4-5,7-8,10,14H2,1-3H3,(H,22,23). The molecule has 0 saturated heterocycles. The zero-order valence-electron chi connectivity index (χ0n) is 16.2. The summed E-state index contributed by atoms with van der Waals surface area (Å²) in [5.74, 6) is 2.19. The van der Waals surface area contributed by atoms with E-state index >= 15 is 0 Å². The molecule has 144 valence electrons. The Bertz CT molecular complexity index is 807. The first kappa shape index (κ1) is 19.0. The first-order valence-electron chi connectivity index (χ1n) is 9.39. The molecule has 0 unspecified atom stereocenters. The number of unbranched alkanes of at least 4 members (excludes halogenated alkanes) is 1. The summed E-state index contributed by atoms with van der Waals surface area (Å²) < 4.78 is 10.8. The van der Waals surface area contributed by atoms with Crippen LogP contribution < -0.4 is 14.8 Å². The number of anilines is 1. The van der Waals surface area contributed by atoms with Gasteiger partial charge in [-0.05, 0) is 48.2 Å². The zero-order chi connectivity index (χ0) is 19.2. The molecule has 3 rings (SSSR count). The van der Waals surface area contributed by atoms with Gasteiger partial charge in [0.25, 0.3) is 5.91 Å². The minimum absolute atomic E-state index is 0.0244. The summed E-state index contributed by atoms with van der Waals surface area (Å²) in [6.45, 7) is 4.26. The van der Waals surface area contributed by atoms with Crippen LogP contribution in [0.15, 0.2) is 30.5 Å². The average molecular weight is 369 g/mol. The number of aromatic nitrogens is 1. The summed E-state index contributed by atoms with van der Waals surface area (Å²) in [6, 6.07) is 7.59. The number of methoxy groups -OCH3 is 2. The lowest BCUT2D eigenvalue weighted by Gasteiger charge is -2.29. The van der Waals surface area contributed by atoms with Crippen LogP contribution >= 0.6 is 0 Å². The van der Waals surface area contributed by atoms with E-state index in [0.29, 0.717) is 24.4 Å². The first-order valence-corrected chi connectivity index (χ1v) is 9.39. The van der Waals surface area contributed by atoms with Crippen molar-refractivity contribution in [3.05, 3.63) is 47.2 Å². The highest BCUT2D eigenvalue weighted by Gasteiger charge is 2.24. The fourth-order valence-corrected chi connectivity index (χ4v) is 3.29. The van der Waals surface area contributed by atoms with E-state index in [1.165, 1.54) is 5.56 Å². The average Bonchev–Trinajstić information content (AvgIpc) is 2.72. The third-order valence-electron chi connectivity index (χ3n) is 4.85. The van der Waals surface area contributed by atoms with Gasteiger partial charge in [-0.1, -0.05) is 13.3 Å². The lowest BCUT2D eigenvalue weighted by molar-refractivity contribution is 0.0734. The number of nitrogens with one attached hydrogen (secondary N) is 1. The first-order chi connectivity index (χ1) is 13.2. The lowest BCUT2D eigenvalue weighted by atomic mass is 9.98. The fourth-order valence-electron chi connectivity index (χ4n) is 3.29. The van der Waals surface area contributed by atoms with E-state index in [4.69, 9.17) is 9.47 Å². The highest BCUT2D eigenvalue weighted by molar-refractivity contribution is 5.95. The second-order valence-corrected chi connectivity index (χ2v) is 6.66. The largest absolute Gasteiger partial charge is 0.493 e. The molecule has 2 heterocycles. The number of nitrogens with zero attached hydrogens (tertiary/aromatic N) is 2. The fraction of sp³-hybridized carbons (Fsp3) is 0.429. The van der Waals surface area contributed by atoms with E-state index in [1.54, 1.807) is 26.5 Å². The summed E-state index contributed by atoms with van der Waals surface area (Å²) in [4.78, 5) is 19.2. The van der Waals surface area contributed by atoms with Gasteiger partial charge >= 0.3 is 0 Å². The maximum Gasteiger partial charge on any atom is 0.254 e. The van der Waals surface area contributed by atoms with Crippen LogP contribution in [0, 0.1) is 0 Å². The van der Waals surface area contributed by atoms with Crippen molar-refractivity contribution in [3.63, 3.8) is 0 Å². The molecule has 0 radical (unpaired) electrons. The van der Waals surface area contributed by atoms with Gasteiger partial charge in [0, 0.05) is 31.4 Å². The molecule has 1 aromatic carbocycles. The zero-order valence-corrected chi connectivity index (χ0v) is 16.2. The molecule has 2 aromatic rings.